The fraction of sp³-hybridized carbons (Fsp3) is 0.312. The Kier molecular flexibility index (Phi) is 4.01. The van der Waals surface area contributed by atoms with Gasteiger partial charge < -0.3 is 14.8 Å². The molecule has 1 unspecified atom stereocenters. The molecule has 0 spiro atoms. The SMILES string of the molecule is CN(Cc1cc(Br)cn1C)C1=NCC(c2ccccc2)N1. The second kappa shape index (κ2) is 5.93. The number of hydrogen-bond donors (Lipinski definition) is 1. The van der Waals surface area contributed by atoms with Crippen LogP contribution < -0.4 is 5.32 Å². The Morgan fingerprint density at radius 2 is 2.14 bits per heavy atom. The fourth-order valence-corrected chi connectivity index (χ4v) is 3.14. The summed E-state index contributed by atoms with van der Waals surface area (Å²) in [4.78, 5) is 6.79. The number of nitrogens with zero attached hydrogens (tertiary/aromatic N) is 3. The Hall–Kier alpha value is -1.75. The Labute approximate surface area is 133 Å². The lowest BCUT2D eigenvalue weighted by Crippen LogP contribution is -2.36. The normalized spacial score (nSPS) is 17.5. The molecule has 2 heterocycles. The van der Waals surface area contributed by atoms with Crippen molar-refractivity contribution in [1.82, 2.24) is 14.8 Å². The lowest BCUT2D eigenvalue weighted by molar-refractivity contribution is 0.465. The molecular formula is C16H19BrN4. The number of guanidine groups is 1. The third-order valence-corrected chi connectivity index (χ3v) is 4.20. The van der Waals surface area contributed by atoms with Crippen LogP contribution in [0.15, 0.2) is 52.1 Å². The molecular weight excluding hydrogens is 328 g/mol. The van der Waals surface area contributed by atoms with Crippen molar-refractivity contribution in [2.75, 3.05) is 13.6 Å². The summed E-state index contributed by atoms with van der Waals surface area (Å²) in [6.07, 6.45) is 2.07. The van der Waals surface area contributed by atoms with Crippen molar-refractivity contribution in [3.05, 3.63) is 58.3 Å². The van der Waals surface area contributed by atoms with Crippen LogP contribution in [0.25, 0.3) is 0 Å². The molecule has 110 valence electrons. The van der Waals surface area contributed by atoms with Crippen molar-refractivity contribution in [1.29, 1.82) is 0 Å². The van der Waals surface area contributed by atoms with Gasteiger partial charge in [0.15, 0.2) is 5.96 Å². The van der Waals surface area contributed by atoms with E-state index in [0.29, 0.717) is 0 Å². The van der Waals surface area contributed by atoms with E-state index >= 15 is 0 Å². The molecule has 21 heavy (non-hydrogen) atoms. The summed E-state index contributed by atoms with van der Waals surface area (Å²) in [5, 5.41) is 3.51. The van der Waals surface area contributed by atoms with E-state index in [4.69, 9.17) is 0 Å². The maximum Gasteiger partial charge on any atom is 0.194 e. The Balaban J connectivity index is 1.64. The number of benzene rings is 1. The van der Waals surface area contributed by atoms with E-state index < -0.39 is 0 Å². The van der Waals surface area contributed by atoms with E-state index in [1.165, 1.54) is 11.3 Å². The van der Waals surface area contributed by atoms with Gasteiger partial charge in [-0.15, -0.1) is 0 Å². The first-order valence-electron chi connectivity index (χ1n) is 7.01. The highest BCUT2D eigenvalue weighted by Crippen LogP contribution is 2.19. The minimum Gasteiger partial charge on any atom is -0.352 e. The van der Waals surface area contributed by atoms with Crippen LogP contribution >= 0.6 is 15.9 Å². The largest absolute Gasteiger partial charge is 0.352 e. The fourth-order valence-electron chi connectivity index (χ4n) is 2.57. The minimum absolute atomic E-state index is 0.281. The quantitative estimate of drug-likeness (QED) is 0.926. The summed E-state index contributed by atoms with van der Waals surface area (Å²) in [6, 6.07) is 12.9. The smallest absolute Gasteiger partial charge is 0.194 e. The third-order valence-electron chi connectivity index (χ3n) is 3.76. The van der Waals surface area contributed by atoms with Gasteiger partial charge in [-0.1, -0.05) is 30.3 Å². The van der Waals surface area contributed by atoms with Gasteiger partial charge >= 0.3 is 0 Å². The first-order valence-corrected chi connectivity index (χ1v) is 7.80. The van der Waals surface area contributed by atoms with E-state index in [-0.39, 0.29) is 6.04 Å². The van der Waals surface area contributed by atoms with E-state index in [2.05, 4.69) is 86.3 Å². The van der Waals surface area contributed by atoms with Crippen LogP contribution in [0.3, 0.4) is 0 Å². The molecule has 1 aliphatic heterocycles. The second-order valence-corrected chi connectivity index (χ2v) is 6.30. The maximum atomic E-state index is 4.64. The zero-order valence-corrected chi connectivity index (χ0v) is 13.8. The van der Waals surface area contributed by atoms with Gasteiger partial charge in [0.05, 0.1) is 19.1 Å². The topological polar surface area (TPSA) is 32.6 Å². The molecule has 1 aliphatic rings. The molecule has 0 bridgehead atoms. The zero-order valence-electron chi connectivity index (χ0n) is 12.3. The van der Waals surface area contributed by atoms with Crippen molar-refractivity contribution in [3.63, 3.8) is 0 Å². The molecule has 0 saturated heterocycles. The minimum atomic E-state index is 0.281. The van der Waals surface area contributed by atoms with Gasteiger partial charge in [0.2, 0.25) is 0 Å². The molecule has 1 N–H and O–H groups in total. The predicted octanol–water partition coefficient (Wildman–Crippen LogP) is 2.92. The van der Waals surface area contributed by atoms with Gasteiger partial charge in [-0.3, -0.25) is 4.99 Å². The average Bonchev–Trinajstić information content (AvgIpc) is 3.07. The van der Waals surface area contributed by atoms with Crippen LogP contribution in [-0.2, 0) is 13.6 Å². The number of halogens is 1. The van der Waals surface area contributed by atoms with Crippen molar-refractivity contribution in [2.24, 2.45) is 12.0 Å². The van der Waals surface area contributed by atoms with Crippen LogP contribution in [0.2, 0.25) is 0 Å². The van der Waals surface area contributed by atoms with Crippen molar-refractivity contribution < 1.29 is 0 Å². The molecule has 0 amide bonds. The summed E-state index contributed by atoms with van der Waals surface area (Å²) in [7, 11) is 4.13. The monoisotopic (exact) mass is 346 g/mol. The molecule has 0 fully saturated rings. The maximum absolute atomic E-state index is 4.64. The molecule has 3 rings (SSSR count). The van der Waals surface area contributed by atoms with Gasteiger partial charge in [0, 0.05) is 30.5 Å². The van der Waals surface area contributed by atoms with Crippen LogP contribution in [-0.4, -0.2) is 29.0 Å². The lowest BCUT2D eigenvalue weighted by atomic mass is 10.1. The Morgan fingerprint density at radius 3 is 2.81 bits per heavy atom. The van der Waals surface area contributed by atoms with Gasteiger partial charge in [-0.25, -0.2) is 0 Å². The van der Waals surface area contributed by atoms with Crippen molar-refractivity contribution in [2.45, 2.75) is 12.6 Å². The van der Waals surface area contributed by atoms with E-state index in [1.54, 1.807) is 0 Å². The second-order valence-electron chi connectivity index (χ2n) is 5.39. The van der Waals surface area contributed by atoms with Gasteiger partial charge in [0.25, 0.3) is 0 Å². The molecule has 1 aromatic heterocycles. The van der Waals surface area contributed by atoms with Gasteiger partial charge in [-0.05, 0) is 27.6 Å². The molecule has 5 heteroatoms. The predicted molar refractivity (Wildman–Crippen MR) is 89.2 cm³/mol. The molecule has 0 aliphatic carbocycles. The number of nitrogens with one attached hydrogen (secondary N) is 1. The number of aliphatic imine (C=N–C) groups is 1. The molecule has 0 radical (unpaired) electrons. The standard InChI is InChI=1S/C16H19BrN4/c1-20-10-13(17)8-14(20)11-21(2)16-18-9-15(19-16)12-6-4-3-5-7-12/h3-8,10,15H,9,11H2,1-2H3,(H,18,19). The zero-order chi connectivity index (χ0) is 14.8. The summed E-state index contributed by atoms with van der Waals surface area (Å²) >= 11 is 3.51. The highest BCUT2D eigenvalue weighted by Gasteiger charge is 2.21. The molecule has 2 aromatic rings. The van der Waals surface area contributed by atoms with E-state index in [1.807, 2.05) is 6.07 Å². The molecule has 1 atom stereocenters. The first kappa shape index (κ1) is 14.2. The van der Waals surface area contributed by atoms with E-state index in [9.17, 15) is 0 Å². The van der Waals surface area contributed by atoms with Gasteiger partial charge in [0.1, 0.15) is 0 Å². The highest BCUT2D eigenvalue weighted by atomic mass is 79.9. The van der Waals surface area contributed by atoms with Crippen LogP contribution in [0.1, 0.15) is 17.3 Å². The average molecular weight is 347 g/mol. The summed E-state index contributed by atoms with van der Waals surface area (Å²) in [5.41, 5.74) is 2.53. The van der Waals surface area contributed by atoms with Gasteiger partial charge in [-0.2, -0.15) is 0 Å². The molecule has 0 saturated carbocycles. The Bertz CT molecular complexity index is 648. The highest BCUT2D eigenvalue weighted by molar-refractivity contribution is 9.10. The molecule has 1 aromatic carbocycles. The summed E-state index contributed by atoms with van der Waals surface area (Å²) in [5.74, 6) is 0.959. The van der Waals surface area contributed by atoms with E-state index in [0.717, 1.165) is 23.5 Å². The van der Waals surface area contributed by atoms with Crippen molar-refractivity contribution >= 4 is 21.9 Å². The Morgan fingerprint density at radius 1 is 1.38 bits per heavy atom. The number of hydrogen-bond acceptors (Lipinski definition) is 3. The first-order chi connectivity index (χ1) is 10.1. The number of aryl methyl sites for hydroxylation is 1. The lowest BCUT2D eigenvalue weighted by Gasteiger charge is -2.21. The number of aromatic nitrogens is 1. The van der Waals surface area contributed by atoms with Crippen LogP contribution in [0, 0.1) is 0 Å². The molecule has 4 nitrogen and oxygen atoms in total. The number of rotatable bonds is 3. The van der Waals surface area contributed by atoms with Crippen LogP contribution in [0.4, 0.5) is 0 Å². The third kappa shape index (κ3) is 3.13. The summed E-state index contributed by atoms with van der Waals surface area (Å²) < 4.78 is 3.24. The summed E-state index contributed by atoms with van der Waals surface area (Å²) in [6.45, 7) is 1.62. The van der Waals surface area contributed by atoms with Crippen LogP contribution in [0.5, 0.6) is 0 Å². The van der Waals surface area contributed by atoms with Crippen molar-refractivity contribution in [3.8, 4) is 0 Å².